The molecule has 0 saturated heterocycles. The van der Waals surface area contributed by atoms with E-state index in [9.17, 15) is 9.59 Å². The smallest absolute Gasteiger partial charge is 0.344 e. The number of ether oxygens (including phenoxy) is 4. The third-order valence-electron chi connectivity index (χ3n) is 4.37. The van der Waals surface area contributed by atoms with Gasteiger partial charge in [-0.15, -0.1) is 0 Å². The Morgan fingerprint density at radius 2 is 1.03 bits per heavy atom. The summed E-state index contributed by atoms with van der Waals surface area (Å²) in [6.45, 7) is -0.714. The van der Waals surface area contributed by atoms with Crippen molar-refractivity contribution in [2.24, 2.45) is 0 Å². The Balaban J connectivity index is 1.46. The number of carbonyl (C=O) groups is 2. The van der Waals surface area contributed by atoms with Crippen LogP contribution in [0.25, 0.3) is 0 Å². The van der Waals surface area contributed by atoms with Crippen molar-refractivity contribution < 1.29 is 28.5 Å². The van der Waals surface area contributed by atoms with Crippen LogP contribution in [0.5, 0.6) is 11.5 Å². The first-order valence-corrected chi connectivity index (χ1v) is 11.4. The van der Waals surface area contributed by atoms with Crippen LogP contribution in [0.1, 0.15) is 11.1 Å². The first-order valence-electron chi connectivity index (χ1n) is 9.85. The van der Waals surface area contributed by atoms with E-state index in [2.05, 4.69) is 0 Å². The van der Waals surface area contributed by atoms with Gasteiger partial charge < -0.3 is 18.9 Å². The van der Waals surface area contributed by atoms with Crippen molar-refractivity contribution in [1.82, 2.24) is 0 Å². The van der Waals surface area contributed by atoms with Crippen LogP contribution in [-0.4, -0.2) is 25.2 Å². The highest BCUT2D eigenvalue weighted by molar-refractivity contribution is 6.36. The zero-order chi connectivity index (χ0) is 24.5. The summed E-state index contributed by atoms with van der Waals surface area (Å²) in [6, 6.07) is 16.4. The third-order valence-corrected chi connectivity index (χ3v) is 5.44. The van der Waals surface area contributed by atoms with Gasteiger partial charge in [0.1, 0.15) is 24.7 Å². The van der Waals surface area contributed by atoms with E-state index in [1.165, 1.54) is 12.1 Å². The van der Waals surface area contributed by atoms with Crippen LogP contribution in [0.4, 0.5) is 0 Å². The minimum atomic E-state index is -0.592. The zero-order valence-corrected chi connectivity index (χ0v) is 20.6. The molecule has 0 aliphatic carbocycles. The maximum atomic E-state index is 12.1. The number of rotatable bonds is 10. The molecule has 0 unspecified atom stereocenters. The van der Waals surface area contributed by atoms with Crippen LogP contribution in [0.15, 0.2) is 60.7 Å². The van der Waals surface area contributed by atoms with E-state index in [1.54, 1.807) is 48.5 Å². The van der Waals surface area contributed by atoms with Crippen molar-refractivity contribution >= 4 is 58.3 Å². The highest BCUT2D eigenvalue weighted by Gasteiger charge is 2.12. The molecule has 3 aromatic rings. The van der Waals surface area contributed by atoms with E-state index in [4.69, 9.17) is 65.4 Å². The Hall–Kier alpha value is -2.64. The molecule has 0 saturated carbocycles. The monoisotopic (exact) mass is 542 g/mol. The summed E-state index contributed by atoms with van der Waals surface area (Å²) >= 11 is 23.7. The zero-order valence-electron chi connectivity index (χ0n) is 17.6. The number of carbonyl (C=O) groups excluding carboxylic acids is 2. The highest BCUT2D eigenvalue weighted by Crippen LogP contribution is 2.28. The van der Waals surface area contributed by atoms with Crippen molar-refractivity contribution in [3.63, 3.8) is 0 Å². The first-order chi connectivity index (χ1) is 16.3. The molecule has 3 rings (SSSR count). The molecule has 0 amide bonds. The van der Waals surface area contributed by atoms with Gasteiger partial charge in [-0.25, -0.2) is 9.59 Å². The Labute approximate surface area is 216 Å². The van der Waals surface area contributed by atoms with Gasteiger partial charge in [0, 0.05) is 10.0 Å². The second-order valence-electron chi connectivity index (χ2n) is 6.82. The number of benzene rings is 3. The van der Waals surface area contributed by atoms with Gasteiger partial charge in [-0.1, -0.05) is 70.7 Å². The molecule has 34 heavy (non-hydrogen) atoms. The molecule has 0 aliphatic rings. The second kappa shape index (κ2) is 12.7. The lowest BCUT2D eigenvalue weighted by molar-refractivity contribution is -0.148. The Bertz CT molecular complexity index is 1080. The average molecular weight is 544 g/mol. The summed E-state index contributed by atoms with van der Waals surface area (Å²) in [4.78, 5) is 24.2. The number of hydrogen-bond acceptors (Lipinski definition) is 6. The summed E-state index contributed by atoms with van der Waals surface area (Å²) in [5.74, 6) is -0.549. The van der Waals surface area contributed by atoms with Gasteiger partial charge in [-0.3, -0.25) is 0 Å². The Kier molecular flexibility index (Phi) is 9.72. The minimum Gasteiger partial charge on any atom is -0.480 e. The quantitative estimate of drug-likeness (QED) is 0.270. The van der Waals surface area contributed by atoms with Gasteiger partial charge in [0.2, 0.25) is 0 Å². The molecule has 10 heteroatoms. The lowest BCUT2D eigenvalue weighted by Gasteiger charge is -2.12. The molecule has 0 aliphatic heterocycles. The van der Waals surface area contributed by atoms with E-state index in [-0.39, 0.29) is 36.5 Å². The first kappa shape index (κ1) is 26.0. The van der Waals surface area contributed by atoms with E-state index in [0.29, 0.717) is 32.7 Å². The fourth-order valence-corrected chi connectivity index (χ4v) is 3.62. The van der Waals surface area contributed by atoms with Gasteiger partial charge in [-0.2, -0.15) is 0 Å². The SMILES string of the molecule is O=C(COc1ccc(Cl)cc1Cl)OCc1ccccc1COC(=O)COc1ccc(Cl)cc1Cl. The molecule has 0 N–H and O–H groups in total. The maximum Gasteiger partial charge on any atom is 0.344 e. The Morgan fingerprint density at radius 1 is 0.618 bits per heavy atom. The van der Waals surface area contributed by atoms with E-state index >= 15 is 0 Å². The summed E-state index contributed by atoms with van der Waals surface area (Å²) < 4.78 is 21.3. The highest BCUT2D eigenvalue weighted by atomic mass is 35.5. The lowest BCUT2D eigenvalue weighted by Crippen LogP contribution is -2.17. The van der Waals surface area contributed by atoms with Crippen LogP contribution in [0.3, 0.4) is 0 Å². The summed E-state index contributed by atoms with van der Waals surface area (Å²) in [5, 5.41) is 1.49. The van der Waals surface area contributed by atoms with Gasteiger partial charge in [0.15, 0.2) is 13.2 Å². The molecule has 0 bridgehead atoms. The third kappa shape index (κ3) is 7.99. The second-order valence-corrected chi connectivity index (χ2v) is 8.50. The van der Waals surface area contributed by atoms with Crippen LogP contribution in [-0.2, 0) is 32.3 Å². The summed E-state index contributed by atoms with van der Waals surface area (Å²) in [5.41, 5.74) is 1.35. The van der Waals surface area contributed by atoms with Crippen molar-refractivity contribution in [3.8, 4) is 11.5 Å². The van der Waals surface area contributed by atoms with Gasteiger partial charge >= 0.3 is 11.9 Å². The lowest BCUT2D eigenvalue weighted by atomic mass is 10.1. The Morgan fingerprint density at radius 3 is 1.41 bits per heavy atom. The molecule has 178 valence electrons. The molecular formula is C24H18Cl4O6. The fourth-order valence-electron chi connectivity index (χ4n) is 2.70. The molecular weight excluding hydrogens is 526 g/mol. The van der Waals surface area contributed by atoms with Crippen LogP contribution in [0.2, 0.25) is 20.1 Å². The van der Waals surface area contributed by atoms with Crippen LogP contribution < -0.4 is 9.47 Å². The van der Waals surface area contributed by atoms with E-state index in [1.807, 2.05) is 0 Å². The summed E-state index contributed by atoms with van der Waals surface area (Å²) in [7, 11) is 0. The van der Waals surface area contributed by atoms with E-state index in [0.717, 1.165) is 0 Å². The van der Waals surface area contributed by atoms with Gasteiger partial charge in [-0.05, 0) is 47.5 Å². The van der Waals surface area contributed by atoms with Gasteiger partial charge in [0.05, 0.1) is 10.0 Å². The van der Waals surface area contributed by atoms with Crippen molar-refractivity contribution in [3.05, 3.63) is 91.9 Å². The summed E-state index contributed by atoms with van der Waals surface area (Å²) in [6.07, 6.45) is 0. The molecule has 0 heterocycles. The molecule has 0 aromatic heterocycles. The van der Waals surface area contributed by atoms with Crippen molar-refractivity contribution in [1.29, 1.82) is 0 Å². The molecule has 6 nitrogen and oxygen atoms in total. The maximum absolute atomic E-state index is 12.1. The van der Waals surface area contributed by atoms with Gasteiger partial charge in [0.25, 0.3) is 0 Å². The minimum absolute atomic E-state index is 0.0266. The number of esters is 2. The number of halogens is 4. The molecule has 0 radical (unpaired) electrons. The van der Waals surface area contributed by atoms with Crippen LogP contribution in [0, 0.1) is 0 Å². The normalized spacial score (nSPS) is 10.5. The standard InChI is InChI=1S/C24H18Cl4O6/c25-17-5-7-21(19(27)9-17)31-13-23(29)33-11-15-3-1-2-4-16(15)12-34-24(30)14-32-22-8-6-18(26)10-20(22)28/h1-10H,11-14H2. The fraction of sp³-hybridized carbons (Fsp3) is 0.167. The largest absolute Gasteiger partial charge is 0.480 e. The molecule has 0 atom stereocenters. The predicted octanol–water partition coefficient (Wildman–Crippen LogP) is 6.54. The molecule has 0 spiro atoms. The van der Waals surface area contributed by atoms with E-state index < -0.39 is 11.9 Å². The molecule has 3 aromatic carbocycles. The topological polar surface area (TPSA) is 71.1 Å². The molecule has 0 fully saturated rings. The average Bonchev–Trinajstić information content (AvgIpc) is 2.80. The van der Waals surface area contributed by atoms with Crippen molar-refractivity contribution in [2.75, 3.05) is 13.2 Å². The number of hydrogen-bond donors (Lipinski definition) is 0. The predicted molar refractivity (Wildman–Crippen MR) is 130 cm³/mol. The van der Waals surface area contributed by atoms with Crippen molar-refractivity contribution in [2.45, 2.75) is 13.2 Å². The van der Waals surface area contributed by atoms with Crippen LogP contribution >= 0.6 is 46.4 Å².